The topological polar surface area (TPSA) is 18.5 Å². The zero-order valence-electron chi connectivity index (χ0n) is 12.0. The number of aryl methyl sites for hydroxylation is 1. The molecule has 19 heavy (non-hydrogen) atoms. The third-order valence-corrected chi connectivity index (χ3v) is 4.42. The molecule has 1 fully saturated rings. The van der Waals surface area contributed by atoms with Crippen LogP contribution in [0.15, 0.2) is 18.2 Å². The van der Waals surface area contributed by atoms with E-state index in [-0.39, 0.29) is 0 Å². The quantitative estimate of drug-likeness (QED) is 0.893. The number of hydrogen-bond acceptors (Lipinski definition) is 3. The summed E-state index contributed by atoms with van der Waals surface area (Å²) in [6.45, 7) is 7.22. The number of nitrogens with zero attached hydrogens (tertiary/aromatic N) is 2. The molecule has 0 aliphatic carbocycles. The molecule has 0 aromatic heterocycles. The fourth-order valence-corrected chi connectivity index (χ4v) is 3.04. The third kappa shape index (κ3) is 3.28. The summed E-state index contributed by atoms with van der Waals surface area (Å²) in [5.74, 6) is 0. The summed E-state index contributed by atoms with van der Waals surface area (Å²) in [5.41, 5.74) is 4.37. The van der Waals surface area contributed by atoms with Crippen molar-refractivity contribution in [3.63, 3.8) is 0 Å². The van der Waals surface area contributed by atoms with Gasteiger partial charge in [0.1, 0.15) is 0 Å². The number of hydrogen-bond donors (Lipinski definition) is 1. The first-order chi connectivity index (χ1) is 9.31. The fourth-order valence-electron chi connectivity index (χ4n) is 3.04. The second-order valence-corrected chi connectivity index (χ2v) is 5.92. The summed E-state index contributed by atoms with van der Waals surface area (Å²) in [7, 11) is 2.22. The number of rotatable bonds is 3. The molecule has 1 saturated heterocycles. The van der Waals surface area contributed by atoms with Crippen LogP contribution in [0.2, 0.25) is 0 Å². The standard InChI is InChI=1S/C16H25N3/c1-18-9-11-19(12-10-18)8-6-14-4-5-16-15(13-14)3-2-7-17-16/h4-5,13,17H,2-3,6-12H2,1H3. The Balaban J connectivity index is 1.55. The Morgan fingerprint density at radius 1 is 1.16 bits per heavy atom. The molecule has 1 aromatic rings. The van der Waals surface area contributed by atoms with Gasteiger partial charge in [0.05, 0.1) is 0 Å². The minimum atomic E-state index is 1.13. The van der Waals surface area contributed by atoms with Gasteiger partial charge in [-0.05, 0) is 43.5 Å². The Morgan fingerprint density at radius 2 is 2.00 bits per heavy atom. The van der Waals surface area contributed by atoms with E-state index in [1.165, 1.54) is 68.8 Å². The molecule has 1 N–H and O–H groups in total. The highest BCUT2D eigenvalue weighted by Gasteiger charge is 2.14. The maximum absolute atomic E-state index is 3.48. The van der Waals surface area contributed by atoms with E-state index in [4.69, 9.17) is 0 Å². The predicted molar refractivity (Wildman–Crippen MR) is 80.9 cm³/mol. The smallest absolute Gasteiger partial charge is 0.0372 e. The van der Waals surface area contributed by atoms with Crippen molar-refractivity contribution in [1.82, 2.24) is 9.80 Å². The molecule has 104 valence electrons. The van der Waals surface area contributed by atoms with Crippen molar-refractivity contribution in [2.75, 3.05) is 51.6 Å². The average molecular weight is 259 g/mol. The van der Waals surface area contributed by atoms with E-state index in [0.29, 0.717) is 0 Å². The highest BCUT2D eigenvalue weighted by molar-refractivity contribution is 5.54. The van der Waals surface area contributed by atoms with Crippen molar-refractivity contribution < 1.29 is 0 Å². The summed E-state index contributed by atoms with van der Waals surface area (Å²) in [6, 6.07) is 6.98. The largest absolute Gasteiger partial charge is 0.385 e. The van der Waals surface area contributed by atoms with Crippen molar-refractivity contribution in [2.24, 2.45) is 0 Å². The predicted octanol–water partition coefficient (Wildman–Crippen LogP) is 1.83. The molecule has 2 aliphatic rings. The molecule has 1 aromatic carbocycles. The first-order valence-electron chi connectivity index (χ1n) is 7.58. The van der Waals surface area contributed by atoms with Crippen molar-refractivity contribution in [2.45, 2.75) is 19.3 Å². The molecule has 2 heterocycles. The molecule has 0 saturated carbocycles. The summed E-state index contributed by atoms with van der Waals surface area (Å²) in [6.07, 6.45) is 3.70. The van der Waals surface area contributed by atoms with Gasteiger partial charge in [-0.3, -0.25) is 0 Å². The summed E-state index contributed by atoms with van der Waals surface area (Å²) in [4.78, 5) is 5.01. The van der Waals surface area contributed by atoms with Gasteiger partial charge in [0.25, 0.3) is 0 Å². The maximum Gasteiger partial charge on any atom is 0.0372 e. The fraction of sp³-hybridized carbons (Fsp3) is 0.625. The molecule has 3 heteroatoms. The van der Waals surface area contributed by atoms with Crippen LogP contribution in [0.25, 0.3) is 0 Å². The summed E-state index contributed by atoms with van der Waals surface area (Å²) in [5, 5.41) is 3.48. The molecule has 0 amide bonds. The van der Waals surface area contributed by atoms with Crippen LogP contribution in [-0.2, 0) is 12.8 Å². The van der Waals surface area contributed by atoms with Crippen molar-refractivity contribution >= 4 is 5.69 Å². The Morgan fingerprint density at radius 3 is 2.84 bits per heavy atom. The molecular weight excluding hydrogens is 234 g/mol. The van der Waals surface area contributed by atoms with Crippen LogP contribution in [0, 0.1) is 0 Å². The van der Waals surface area contributed by atoms with Crippen LogP contribution in [0.3, 0.4) is 0 Å². The van der Waals surface area contributed by atoms with Gasteiger partial charge in [-0.25, -0.2) is 0 Å². The van der Waals surface area contributed by atoms with Gasteiger partial charge in [-0.1, -0.05) is 12.1 Å². The Bertz CT molecular complexity index is 422. The van der Waals surface area contributed by atoms with Crippen LogP contribution in [-0.4, -0.2) is 56.1 Å². The SMILES string of the molecule is CN1CCN(CCc2ccc3c(c2)CCCN3)CC1. The van der Waals surface area contributed by atoms with Crippen LogP contribution in [0.4, 0.5) is 5.69 Å². The van der Waals surface area contributed by atoms with E-state index >= 15 is 0 Å². The lowest BCUT2D eigenvalue weighted by atomic mass is 9.99. The Hall–Kier alpha value is -1.06. The Kier molecular flexibility index (Phi) is 4.04. The number of fused-ring (bicyclic) bond motifs is 1. The number of anilines is 1. The molecule has 3 nitrogen and oxygen atoms in total. The van der Waals surface area contributed by atoms with Gasteiger partial charge in [0.15, 0.2) is 0 Å². The maximum atomic E-state index is 3.48. The van der Waals surface area contributed by atoms with Crippen molar-refractivity contribution in [1.29, 1.82) is 0 Å². The minimum Gasteiger partial charge on any atom is -0.385 e. The number of likely N-dealkylation sites (N-methyl/N-ethyl adjacent to an activating group) is 1. The van der Waals surface area contributed by atoms with Gasteiger partial charge in [-0.2, -0.15) is 0 Å². The number of benzene rings is 1. The normalized spacial score (nSPS) is 20.9. The molecule has 3 rings (SSSR count). The highest BCUT2D eigenvalue weighted by Crippen LogP contribution is 2.23. The lowest BCUT2D eigenvalue weighted by Crippen LogP contribution is -2.45. The minimum absolute atomic E-state index is 1.13. The molecule has 0 bridgehead atoms. The van der Waals surface area contributed by atoms with Crippen LogP contribution >= 0.6 is 0 Å². The zero-order valence-corrected chi connectivity index (χ0v) is 12.0. The zero-order chi connectivity index (χ0) is 13.1. The van der Waals surface area contributed by atoms with E-state index in [2.05, 4.69) is 40.4 Å². The van der Waals surface area contributed by atoms with Crippen molar-refractivity contribution in [3.8, 4) is 0 Å². The van der Waals surface area contributed by atoms with E-state index in [1.807, 2.05) is 0 Å². The van der Waals surface area contributed by atoms with E-state index in [9.17, 15) is 0 Å². The second kappa shape index (κ2) is 5.93. The van der Waals surface area contributed by atoms with E-state index in [0.717, 1.165) is 6.54 Å². The Labute approximate surface area is 116 Å². The molecule has 0 atom stereocenters. The van der Waals surface area contributed by atoms with Gasteiger partial charge in [-0.15, -0.1) is 0 Å². The molecule has 0 spiro atoms. The first kappa shape index (κ1) is 12.9. The number of piperazine rings is 1. The number of nitrogens with one attached hydrogen (secondary N) is 1. The lowest BCUT2D eigenvalue weighted by molar-refractivity contribution is 0.155. The molecular formula is C16H25N3. The van der Waals surface area contributed by atoms with E-state index < -0.39 is 0 Å². The molecule has 0 radical (unpaired) electrons. The molecule has 2 aliphatic heterocycles. The molecule has 0 unspecified atom stereocenters. The van der Waals surface area contributed by atoms with Gasteiger partial charge in [0.2, 0.25) is 0 Å². The van der Waals surface area contributed by atoms with E-state index in [1.54, 1.807) is 0 Å². The lowest BCUT2D eigenvalue weighted by Gasteiger charge is -2.32. The highest BCUT2D eigenvalue weighted by atomic mass is 15.2. The van der Waals surface area contributed by atoms with Crippen molar-refractivity contribution in [3.05, 3.63) is 29.3 Å². The van der Waals surface area contributed by atoms with Crippen LogP contribution in [0.1, 0.15) is 17.5 Å². The summed E-state index contributed by atoms with van der Waals surface area (Å²) < 4.78 is 0. The third-order valence-electron chi connectivity index (χ3n) is 4.42. The van der Waals surface area contributed by atoms with Gasteiger partial charge >= 0.3 is 0 Å². The first-order valence-corrected chi connectivity index (χ1v) is 7.58. The summed E-state index contributed by atoms with van der Waals surface area (Å²) >= 11 is 0. The van der Waals surface area contributed by atoms with Crippen LogP contribution in [0.5, 0.6) is 0 Å². The van der Waals surface area contributed by atoms with Gasteiger partial charge in [0, 0.05) is 45.0 Å². The van der Waals surface area contributed by atoms with Gasteiger partial charge < -0.3 is 15.1 Å². The average Bonchev–Trinajstić information content (AvgIpc) is 2.46. The monoisotopic (exact) mass is 259 g/mol. The van der Waals surface area contributed by atoms with Crippen LogP contribution < -0.4 is 5.32 Å². The second-order valence-electron chi connectivity index (χ2n) is 5.92.